The monoisotopic (exact) mass is 335 g/mol. The number of aromatic nitrogens is 1. The minimum atomic E-state index is 0.109. The quantitative estimate of drug-likeness (QED) is 0.865. The summed E-state index contributed by atoms with van der Waals surface area (Å²) in [5.74, 6) is 0.109. The molecule has 0 radical (unpaired) electrons. The average molecular weight is 336 g/mol. The smallest absolute Gasteiger partial charge is 0.256 e. The number of amides is 1. The van der Waals surface area contributed by atoms with E-state index >= 15 is 0 Å². The number of nitrogens with zero attached hydrogens (tertiary/aromatic N) is 3. The number of aryl methyl sites for hydroxylation is 1. The van der Waals surface area contributed by atoms with Crippen molar-refractivity contribution in [1.29, 1.82) is 0 Å². The predicted octanol–water partition coefficient (Wildman–Crippen LogP) is 3.06. The van der Waals surface area contributed by atoms with Crippen molar-refractivity contribution >= 4 is 29.0 Å². The average Bonchev–Trinajstić information content (AvgIpc) is 2.96. The van der Waals surface area contributed by atoms with Crippen molar-refractivity contribution < 1.29 is 4.79 Å². The van der Waals surface area contributed by atoms with E-state index in [-0.39, 0.29) is 5.91 Å². The molecule has 0 atom stereocenters. The molecule has 6 heteroatoms. The van der Waals surface area contributed by atoms with Crippen LogP contribution in [0, 0.1) is 6.92 Å². The standard InChI is InChI=1S/C16H18ClN3OS/c1-12-15(11-22-18-12)16(21)20-8-6-19(7-9-20)10-13-2-4-14(17)5-3-13/h2-5,11H,6-10H2,1H3. The van der Waals surface area contributed by atoms with Gasteiger partial charge in [0.05, 0.1) is 11.3 Å². The third-order valence-corrected chi connectivity index (χ3v) is 4.93. The minimum Gasteiger partial charge on any atom is -0.336 e. The van der Waals surface area contributed by atoms with Gasteiger partial charge in [-0.1, -0.05) is 23.7 Å². The Kier molecular flexibility index (Phi) is 4.76. The number of hydrogen-bond donors (Lipinski definition) is 0. The van der Waals surface area contributed by atoms with Crippen molar-refractivity contribution in [2.45, 2.75) is 13.5 Å². The van der Waals surface area contributed by atoms with Gasteiger partial charge in [0.1, 0.15) is 0 Å². The van der Waals surface area contributed by atoms with E-state index in [1.807, 2.05) is 29.3 Å². The molecule has 0 saturated carbocycles. The van der Waals surface area contributed by atoms with E-state index in [2.05, 4.69) is 21.4 Å². The second-order valence-electron chi connectivity index (χ2n) is 5.51. The highest BCUT2D eigenvalue weighted by molar-refractivity contribution is 7.03. The van der Waals surface area contributed by atoms with E-state index in [4.69, 9.17) is 11.6 Å². The zero-order valence-corrected chi connectivity index (χ0v) is 14.0. The summed E-state index contributed by atoms with van der Waals surface area (Å²) >= 11 is 7.25. The predicted molar refractivity (Wildman–Crippen MR) is 89.5 cm³/mol. The van der Waals surface area contributed by atoms with Gasteiger partial charge in [0.25, 0.3) is 5.91 Å². The highest BCUT2D eigenvalue weighted by Gasteiger charge is 2.23. The Hall–Kier alpha value is -1.43. The van der Waals surface area contributed by atoms with Crippen molar-refractivity contribution in [3.8, 4) is 0 Å². The van der Waals surface area contributed by atoms with Crippen molar-refractivity contribution in [2.24, 2.45) is 0 Å². The van der Waals surface area contributed by atoms with Crippen LogP contribution in [0.3, 0.4) is 0 Å². The van der Waals surface area contributed by atoms with E-state index in [0.29, 0.717) is 0 Å². The van der Waals surface area contributed by atoms with E-state index in [0.717, 1.165) is 49.0 Å². The Balaban J connectivity index is 1.55. The van der Waals surface area contributed by atoms with Crippen LogP contribution in [0.15, 0.2) is 29.6 Å². The van der Waals surface area contributed by atoms with Crippen LogP contribution in [-0.4, -0.2) is 46.3 Å². The molecule has 3 rings (SSSR count). The van der Waals surface area contributed by atoms with Crippen molar-refractivity contribution in [3.63, 3.8) is 0 Å². The first-order chi connectivity index (χ1) is 10.6. The number of halogens is 1. The summed E-state index contributed by atoms with van der Waals surface area (Å²) in [5.41, 5.74) is 2.83. The second-order valence-corrected chi connectivity index (χ2v) is 6.57. The van der Waals surface area contributed by atoms with Gasteiger partial charge in [-0.25, -0.2) is 0 Å². The highest BCUT2D eigenvalue weighted by atomic mass is 35.5. The summed E-state index contributed by atoms with van der Waals surface area (Å²) in [7, 11) is 0. The molecule has 1 aliphatic heterocycles. The summed E-state index contributed by atoms with van der Waals surface area (Å²) in [6, 6.07) is 7.95. The van der Waals surface area contributed by atoms with Gasteiger partial charge in [0.15, 0.2) is 0 Å². The van der Waals surface area contributed by atoms with E-state index in [9.17, 15) is 4.79 Å². The molecule has 2 heterocycles. The number of rotatable bonds is 3. The summed E-state index contributed by atoms with van der Waals surface area (Å²) < 4.78 is 4.18. The van der Waals surface area contributed by atoms with E-state index < -0.39 is 0 Å². The third-order valence-electron chi connectivity index (χ3n) is 3.96. The summed E-state index contributed by atoms with van der Waals surface area (Å²) in [6.07, 6.45) is 0. The van der Waals surface area contributed by atoms with Crippen LogP contribution < -0.4 is 0 Å². The van der Waals surface area contributed by atoms with Gasteiger partial charge < -0.3 is 4.90 Å². The molecular weight excluding hydrogens is 318 g/mol. The van der Waals surface area contributed by atoms with Crippen LogP contribution in [-0.2, 0) is 6.54 Å². The summed E-state index contributed by atoms with van der Waals surface area (Å²) in [4.78, 5) is 16.7. The van der Waals surface area contributed by atoms with Gasteiger partial charge in [0, 0.05) is 43.1 Å². The fraction of sp³-hybridized carbons (Fsp3) is 0.375. The number of carbonyl (C=O) groups excluding carboxylic acids is 1. The van der Waals surface area contributed by atoms with Gasteiger partial charge in [-0.2, -0.15) is 4.37 Å². The van der Waals surface area contributed by atoms with Gasteiger partial charge in [-0.3, -0.25) is 9.69 Å². The molecule has 116 valence electrons. The number of hydrogen-bond acceptors (Lipinski definition) is 4. The fourth-order valence-electron chi connectivity index (χ4n) is 2.63. The van der Waals surface area contributed by atoms with E-state index in [1.54, 1.807) is 0 Å². The highest BCUT2D eigenvalue weighted by Crippen LogP contribution is 2.16. The van der Waals surface area contributed by atoms with Crippen molar-refractivity contribution in [1.82, 2.24) is 14.2 Å². The molecule has 0 spiro atoms. The number of benzene rings is 1. The molecule has 0 unspecified atom stereocenters. The molecular formula is C16H18ClN3OS. The first kappa shape index (κ1) is 15.5. The largest absolute Gasteiger partial charge is 0.336 e. The molecule has 1 amide bonds. The van der Waals surface area contributed by atoms with Crippen LogP contribution >= 0.6 is 23.1 Å². The number of carbonyl (C=O) groups is 1. The lowest BCUT2D eigenvalue weighted by Gasteiger charge is -2.34. The van der Waals surface area contributed by atoms with Crippen LogP contribution in [0.25, 0.3) is 0 Å². The normalized spacial score (nSPS) is 16.0. The third kappa shape index (κ3) is 3.48. The molecule has 4 nitrogen and oxygen atoms in total. The summed E-state index contributed by atoms with van der Waals surface area (Å²) in [5, 5.41) is 2.61. The molecule has 1 aromatic carbocycles. The molecule has 0 bridgehead atoms. The zero-order valence-electron chi connectivity index (χ0n) is 12.5. The zero-order chi connectivity index (χ0) is 15.5. The van der Waals surface area contributed by atoms with Crippen LogP contribution in [0.5, 0.6) is 0 Å². The first-order valence-electron chi connectivity index (χ1n) is 7.30. The molecule has 1 aromatic heterocycles. The maximum Gasteiger partial charge on any atom is 0.256 e. The van der Waals surface area contributed by atoms with Crippen LogP contribution in [0.2, 0.25) is 5.02 Å². The maximum absolute atomic E-state index is 12.4. The maximum atomic E-state index is 12.4. The molecule has 1 fully saturated rings. The molecule has 0 aliphatic carbocycles. The Morgan fingerprint density at radius 3 is 2.50 bits per heavy atom. The lowest BCUT2D eigenvalue weighted by molar-refractivity contribution is 0.0628. The molecule has 1 saturated heterocycles. The Morgan fingerprint density at radius 1 is 1.23 bits per heavy atom. The topological polar surface area (TPSA) is 36.4 Å². The molecule has 0 N–H and O–H groups in total. The Labute approximate surface area is 139 Å². The first-order valence-corrected chi connectivity index (χ1v) is 8.52. The van der Waals surface area contributed by atoms with Crippen LogP contribution in [0.1, 0.15) is 21.6 Å². The fourth-order valence-corrected chi connectivity index (χ4v) is 3.44. The molecule has 2 aromatic rings. The molecule has 1 aliphatic rings. The van der Waals surface area contributed by atoms with Crippen molar-refractivity contribution in [2.75, 3.05) is 26.2 Å². The lowest BCUT2D eigenvalue weighted by atomic mass is 10.2. The summed E-state index contributed by atoms with van der Waals surface area (Å²) in [6.45, 7) is 6.11. The van der Waals surface area contributed by atoms with Gasteiger partial charge in [0.2, 0.25) is 0 Å². The Morgan fingerprint density at radius 2 is 1.91 bits per heavy atom. The second kappa shape index (κ2) is 6.77. The lowest BCUT2D eigenvalue weighted by Crippen LogP contribution is -2.48. The van der Waals surface area contributed by atoms with Gasteiger partial charge in [-0.05, 0) is 36.2 Å². The SMILES string of the molecule is Cc1nscc1C(=O)N1CCN(Cc2ccc(Cl)cc2)CC1. The minimum absolute atomic E-state index is 0.109. The van der Waals surface area contributed by atoms with Gasteiger partial charge in [-0.15, -0.1) is 0 Å². The van der Waals surface area contributed by atoms with Crippen LogP contribution in [0.4, 0.5) is 0 Å². The molecule has 22 heavy (non-hydrogen) atoms. The van der Waals surface area contributed by atoms with Crippen molar-refractivity contribution in [3.05, 3.63) is 51.5 Å². The Bertz CT molecular complexity index is 648. The van der Waals surface area contributed by atoms with Gasteiger partial charge >= 0.3 is 0 Å². The number of piperazine rings is 1. The van der Waals surface area contributed by atoms with E-state index in [1.165, 1.54) is 17.1 Å².